The van der Waals surface area contributed by atoms with Crippen LogP contribution >= 0.6 is 22.6 Å². The molecule has 42 heavy (non-hydrogen) atoms. The largest absolute Gasteiger partial charge is 0.737 e. The van der Waals surface area contributed by atoms with E-state index in [-0.39, 0.29) is 32.8 Å². The van der Waals surface area contributed by atoms with Crippen molar-refractivity contribution in [1.29, 1.82) is 0 Å². The van der Waals surface area contributed by atoms with Crippen molar-refractivity contribution in [3.05, 3.63) is 72.8 Å². The Balaban J connectivity index is 2.03. The maximum atomic E-state index is 17.1. The van der Waals surface area contributed by atoms with E-state index in [1.165, 1.54) is 13.9 Å². The van der Waals surface area contributed by atoms with Gasteiger partial charge >= 0.3 is 18.9 Å². The van der Waals surface area contributed by atoms with Crippen molar-refractivity contribution in [2.75, 3.05) is 32.8 Å². The molecule has 7 nitrogen and oxygen atoms in total. The summed E-state index contributed by atoms with van der Waals surface area (Å²) < 4.78 is 48.0. The molecule has 2 aliphatic heterocycles. The molecule has 0 N–H and O–H groups in total. The van der Waals surface area contributed by atoms with E-state index in [1.54, 1.807) is 20.8 Å². The highest BCUT2D eigenvalue weighted by atomic mass is 127. The first-order chi connectivity index (χ1) is 19.9. The Hall–Kier alpha value is -2.80. The Kier molecular flexibility index (Phi) is 9.81. The number of esters is 2. The second kappa shape index (κ2) is 12.8. The molecule has 0 amide bonds. The van der Waals surface area contributed by atoms with Gasteiger partial charge in [-0.25, -0.2) is 0 Å². The van der Waals surface area contributed by atoms with Crippen LogP contribution in [0.4, 0.5) is 8.63 Å². The van der Waals surface area contributed by atoms with E-state index in [2.05, 4.69) is 22.6 Å². The molecule has 3 heterocycles. The number of carbonyl (C=O) groups is 2. The molecular weight excluding hydrogens is 654 g/mol. The van der Waals surface area contributed by atoms with Crippen molar-refractivity contribution in [2.45, 2.75) is 61.3 Å². The highest BCUT2D eigenvalue weighted by molar-refractivity contribution is 14.1. The highest BCUT2D eigenvalue weighted by Gasteiger charge is 2.57. The van der Waals surface area contributed by atoms with Crippen LogP contribution in [0.15, 0.2) is 41.1 Å². The van der Waals surface area contributed by atoms with Crippen molar-refractivity contribution < 1.29 is 32.2 Å². The van der Waals surface area contributed by atoms with E-state index in [0.717, 1.165) is 37.0 Å². The molecule has 0 unspecified atom stereocenters. The van der Waals surface area contributed by atoms with E-state index in [1.807, 2.05) is 52.0 Å². The topological polar surface area (TPSA) is 63.8 Å². The fraction of sp³-hybridized carbons (Fsp3) is 0.452. The van der Waals surface area contributed by atoms with Crippen LogP contribution in [-0.4, -0.2) is 71.3 Å². The molecule has 0 atom stereocenters. The fourth-order valence-electron chi connectivity index (χ4n) is 6.51. The Morgan fingerprint density at radius 2 is 1.52 bits per heavy atom. The third-order valence-electron chi connectivity index (χ3n) is 8.16. The summed E-state index contributed by atoms with van der Waals surface area (Å²) in [6, 6.07) is 7.95. The summed E-state index contributed by atoms with van der Waals surface area (Å²) in [7, 11) is 0. The molecule has 11 heteroatoms. The van der Waals surface area contributed by atoms with Gasteiger partial charge in [0.25, 0.3) is 0 Å². The predicted octanol–water partition coefficient (Wildman–Crippen LogP) is 5.89. The zero-order valence-electron chi connectivity index (χ0n) is 25.4. The molecule has 2 aliphatic rings. The summed E-state index contributed by atoms with van der Waals surface area (Å²) in [6.07, 6.45) is 1.14. The Morgan fingerprint density at radius 3 is 2.02 bits per heavy atom. The van der Waals surface area contributed by atoms with E-state index in [9.17, 15) is 9.59 Å². The summed E-state index contributed by atoms with van der Waals surface area (Å²) in [5.74, 6) is -1.06. The molecule has 0 spiro atoms. The number of nitrogens with zero attached hydrogens (tertiary/aromatic N) is 3. The van der Waals surface area contributed by atoms with Gasteiger partial charge in [0.1, 0.15) is 0 Å². The van der Waals surface area contributed by atoms with E-state index in [4.69, 9.17) is 9.47 Å². The molecule has 0 saturated carbocycles. The maximum Gasteiger partial charge on any atom is 0.737 e. The lowest BCUT2D eigenvalue weighted by Gasteiger charge is -2.34. The van der Waals surface area contributed by atoms with Crippen molar-refractivity contribution in [1.82, 2.24) is 9.38 Å². The summed E-state index contributed by atoms with van der Waals surface area (Å²) in [5.41, 5.74) is 6.93. The van der Waals surface area contributed by atoms with Gasteiger partial charge in [-0.2, -0.15) is 0 Å². The van der Waals surface area contributed by atoms with Crippen molar-refractivity contribution in [3.63, 3.8) is 0 Å². The van der Waals surface area contributed by atoms with Gasteiger partial charge in [0, 0.05) is 20.4 Å². The zero-order valence-corrected chi connectivity index (χ0v) is 27.6. The van der Waals surface area contributed by atoms with Crippen LogP contribution in [0.5, 0.6) is 0 Å². The van der Waals surface area contributed by atoms with Crippen LogP contribution in [-0.2, 0) is 25.5 Å². The van der Waals surface area contributed by atoms with Crippen LogP contribution in [0.2, 0.25) is 0 Å². The number of rotatable bonds is 11. The molecule has 0 aliphatic carbocycles. The monoisotopic (exact) mass is 693 g/mol. The van der Waals surface area contributed by atoms with Crippen LogP contribution in [0.3, 0.4) is 0 Å². The number of hydrogen-bond acceptors (Lipinski definition) is 5. The average molecular weight is 693 g/mol. The van der Waals surface area contributed by atoms with Gasteiger partial charge in [-0.05, 0) is 105 Å². The minimum absolute atomic E-state index is 0.0474. The van der Waals surface area contributed by atoms with E-state index < -0.39 is 18.9 Å². The predicted molar refractivity (Wildman–Crippen MR) is 170 cm³/mol. The van der Waals surface area contributed by atoms with Gasteiger partial charge < -0.3 is 27.1 Å². The van der Waals surface area contributed by atoms with E-state index >= 15 is 8.63 Å². The SMILES string of the molecule is CCOC(=O)CN(CC(=O)OCC)CC1=[N+]2C(=C(c3ccc(I)cc3)c3c(C)c(CC)c(C)n3[B-]2(F)F)C(C)=C1CC. The number of hydrogen-bond donors (Lipinski definition) is 0. The van der Waals surface area contributed by atoms with Gasteiger partial charge in [0.15, 0.2) is 11.4 Å². The van der Waals surface area contributed by atoms with Crippen LogP contribution < -0.4 is 0 Å². The number of ether oxygens (including phenoxy) is 2. The standard InChI is InChI=1S/C31H39BF2IN3O4/c1-8-24-19(5)30-29(22-12-14-23(35)15-13-22)31-20(6)25(9-2)26(38(31)32(33,34)37(30)21(24)7)16-36(17-27(39)41-10-3)18-28(40)42-11-4/h12-15H,8-11,16-18H2,1-7H3. The van der Waals surface area contributed by atoms with Crippen LogP contribution in [0.1, 0.15) is 69.1 Å². The summed E-state index contributed by atoms with van der Waals surface area (Å²) in [6.45, 7) is 8.48. The van der Waals surface area contributed by atoms with Crippen LogP contribution in [0, 0.1) is 17.4 Å². The third kappa shape index (κ3) is 5.61. The zero-order chi connectivity index (χ0) is 30.9. The van der Waals surface area contributed by atoms with Gasteiger partial charge in [-0.1, -0.05) is 26.0 Å². The number of carbonyl (C=O) groups excluding carboxylic acids is 2. The molecular formula is C31H39BF2IN3O4. The molecule has 0 fully saturated rings. The van der Waals surface area contributed by atoms with Crippen molar-refractivity contribution in [2.24, 2.45) is 0 Å². The summed E-state index contributed by atoms with van der Waals surface area (Å²) in [5, 5.41) is 0. The van der Waals surface area contributed by atoms with E-state index in [0.29, 0.717) is 35.6 Å². The first kappa shape index (κ1) is 32.1. The van der Waals surface area contributed by atoms with Crippen molar-refractivity contribution >= 4 is 52.8 Å². The second-order valence-electron chi connectivity index (χ2n) is 10.6. The smallest absolute Gasteiger partial charge is 0.465 e. The van der Waals surface area contributed by atoms with Gasteiger partial charge in [-0.15, -0.1) is 0 Å². The third-order valence-corrected chi connectivity index (χ3v) is 8.88. The lowest BCUT2D eigenvalue weighted by Crippen LogP contribution is -2.53. The average Bonchev–Trinajstić information content (AvgIpc) is 3.35. The molecule has 1 aromatic carbocycles. The number of allylic oxidation sites excluding steroid dienone is 1. The fourth-order valence-corrected chi connectivity index (χ4v) is 6.87. The molecule has 4 rings (SSSR count). The second-order valence-corrected chi connectivity index (χ2v) is 11.9. The molecule has 226 valence electrons. The minimum Gasteiger partial charge on any atom is -0.465 e. The number of fused-ring (bicyclic) bond motifs is 2. The van der Waals surface area contributed by atoms with Gasteiger partial charge in [0.2, 0.25) is 0 Å². The van der Waals surface area contributed by atoms with Gasteiger partial charge in [0.05, 0.1) is 38.4 Å². The highest BCUT2D eigenvalue weighted by Crippen LogP contribution is 2.47. The van der Waals surface area contributed by atoms with Gasteiger partial charge in [-0.3, -0.25) is 14.5 Å². The summed E-state index contributed by atoms with van der Waals surface area (Å²) >= 11 is 2.24. The molecule has 1 aromatic heterocycles. The summed E-state index contributed by atoms with van der Waals surface area (Å²) in [4.78, 5) is 26.6. The number of benzene rings is 1. The van der Waals surface area contributed by atoms with Crippen molar-refractivity contribution in [3.8, 4) is 0 Å². The van der Waals surface area contributed by atoms with Crippen LogP contribution in [0.25, 0.3) is 5.57 Å². The Bertz CT molecular complexity index is 1490. The Morgan fingerprint density at radius 1 is 0.952 bits per heavy atom. The number of aromatic nitrogens is 1. The first-order valence-electron chi connectivity index (χ1n) is 14.5. The quantitative estimate of drug-likeness (QED) is 0.167. The lowest BCUT2D eigenvalue weighted by molar-refractivity contribution is -0.364. The molecule has 0 saturated heterocycles. The first-order valence-corrected chi connectivity index (χ1v) is 15.6. The molecule has 0 radical (unpaired) electrons. The molecule has 0 bridgehead atoms. The number of halogens is 3. The minimum atomic E-state index is -4.31. The normalized spacial score (nSPS) is 15.9. The lowest BCUT2D eigenvalue weighted by atomic mass is 9.83. The maximum absolute atomic E-state index is 17.1. The molecule has 2 aromatic rings. The Labute approximate surface area is 260 Å².